The van der Waals surface area contributed by atoms with Crippen molar-refractivity contribution in [1.82, 2.24) is 19.4 Å². The number of carbonyl (C=O) groups is 1. The van der Waals surface area contributed by atoms with E-state index in [0.29, 0.717) is 11.8 Å². The third-order valence-electron chi connectivity index (χ3n) is 7.32. The van der Waals surface area contributed by atoms with Crippen LogP contribution in [0.1, 0.15) is 89.3 Å². The van der Waals surface area contributed by atoms with Crippen molar-refractivity contribution in [1.29, 1.82) is 0 Å². The van der Waals surface area contributed by atoms with Gasteiger partial charge in [0, 0.05) is 31.4 Å². The first-order valence-electron chi connectivity index (χ1n) is 14.7. The van der Waals surface area contributed by atoms with Crippen LogP contribution in [0.5, 0.6) is 0 Å². The van der Waals surface area contributed by atoms with Crippen LogP contribution in [0.15, 0.2) is 48.1 Å². The summed E-state index contributed by atoms with van der Waals surface area (Å²) in [6.45, 7) is 20.5. The summed E-state index contributed by atoms with van der Waals surface area (Å²) in [7, 11) is 0. The third kappa shape index (κ3) is 8.39. The first-order chi connectivity index (χ1) is 18.3. The molecule has 0 radical (unpaired) electrons. The second kappa shape index (κ2) is 15.0. The van der Waals surface area contributed by atoms with E-state index in [1.54, 1.807) is 6.20 Å². The Morgan fingerprint density at radius 3 is 2.37 bits per heavy atom. The number of aromatic nitrogens is 2. The number of likely N-dealkylation sites (tertiary alicyclic amines) is 1. The van der Waals surface area contributed by atoms with Crippen molar-refractivity contribution >= 4 is 22.7 Å². The molecule has 1 aromatic carbocycles. The molecule has 1 aromatic heterocycles. The lowest BCUT2D eigenvalue weighted by Crippen LogP contribution is -2.34. The maximum Gasteiger partial charge on any atom is 0.253 e. The highest BCUT2D eigenvalue weighted by molar-refractivity contribution is 6.08. The minimum Gasteiger partial charge on any atom is -0.339 e. The molecule has 0 aliphatic carbocycles. The third-order valence-corrected chi connectivity index (χ3v) is 7.32. The maximum atomic E-state index is 13.7. The molecular weight excluding hydrogens is 470 g/mol. The van der Waals surface area contributed by atoms with Crippen LogP contribution >= 0.6 is 0 Å². The Hall–Kier alpha value is -2.73. The van der Waals surface area contributed by atoms with Crippen LogP contribution in [0.25, 0.3) is 11.0 Å². The number of rotatable bonds is 14. The van der Waals surface area contributed by atoms with Crippen molar-refractivity contribution in [3.05, 3.63) is 54.5 Å². The number of allylic oxidation sites excluding steroid dienone is 2. The number of hydrogen-bond acceptors (Lipinski definition) is 4. The number of fused-ring (bicyclic) bond motifs is 1. The highest BCUT2D eigenvalue weighted by atomic mass is 16.2. The minimum absolute atomic E-state index is 0.115. The van der Waals surface area contributed by atoms with Gasteiger partial charge in [0.1, 0.15) is 5.71 Å². The fourth-order valence-corrected chi connectivity index (χ4v) is 5.07. The normalized spacial score (nSPS) is 15.3. The van der Waals surface area contributed by atoms with E-state index in [4.69, 9.17) is 4.98 Å². The number of amides is 1. The SMILES string of the molecule is C=CN=C(/C=C\C)c1nc2ccc(C(=O)N(CCC(C)C)CCC(C)C)cc2n1CCCN1CCCCC1. The van der Waals surface area contributed by atoms with Gasteiger partial charge in [0.05, 0.1) is 11.0 Å². The molecule has 1 fully saturated rings. The number of carbonyl (C=O) groups excluding carboxylic acids is 1. The van der Waals surface area contributed by atoms with Crippen molar-refractivity contribution in [2.45, 2.75) is 79.7 Å². The molecule has 1 aliphatic heterocycles. The van der Waals surface area contributed by atoms with Gasteiger partial charge in [0.2, 0.25) is 0 Å². The quantitative estimate of drug-likeness (QED) is 0.254. The smallest absolute Gasteiger partial charge is 0.253 e. The summed E-state index contributed by atoms with van der Waals surface area (Å²) >= 11 is 0. The summed E-state index contributed by atoms with van der Waals surface area (Å²) in [5.41, 5.74) is 3.42. The van der Waals surface area contributed by atoms with Crippen molar-refractivity contribution in [2.75, 3.05) is 32.7 Å². The van der Waals surface area contributed by atoms with Gasteiger partial charge in [0.25, 0.3) is 5.91 Å². The summed E-state index contributed by atoms with van der Waals surface area (Å²) in [5.74, 6) is 2.07. The minimum atomic E-state index is 0.115. The molecule has 0 saturated carbocycles. The lowest BCUT2D eigenvalue weighted by atomic mass is 10.1. The maximum absolute atomic E-state index is 13.7. The van der Waals surface area contributed by atoms with Gasteiger partial charge < -0.3 is 14.4 Å². The van der Waals surface area contributed by atoms with E-state index in [1.807, 2.05) is 42.2 Å². The zero-order valence-electron chi connectivity index (χ0n) is 24.5. The molecule has 3 rings (SSSR count). The Bertz CT molecular complexity index is 1090. The zero-order valence-corrected chi connectivity index (χ0v) is 24.5. The van der Waals surface area contributed by atoms with Gasteiger partial charge in [-0.25, -0.2) is 4.98 Å². The van der Waals surface area contributed by atoms with E-state index in [1.165, 1.54) is 32.4 Å². The van der Waals surface area contributed by atoms with Gasteiger partial charge in [-0.2, -0.15) is 0 Å². The molecule has 1 amide bonds. The molecule has 0 bridgehead atoms. The van der Waals surface area contributed by atoms with Crippen LogP contribution in [0.4, 0.5) is 0 Å². The molecule has 0 N–H and O–H groups in total. The first-order valence-corrected chi connectivity index (χ1v) is 14.7. The Balaban J connectivity index is 1.95. The van der Waals surface area contributed by atoms with Crippen LogP contribution in [0.3, 0.4) is 0 Å². The Kier molecular flexibility index (Phi) is 11.8. The lowest BCUT2D eigenvalue weighted by molar-refractivity contribution is 0.0741. The van der Waals surface area contributed by atoms with Crippen molar-refractivity contribution in [3.63, 3.8) is 0 Å². The van der Waals surface area contributed by atoms with E-state index in [0.717, 1.165) is 73.6 Å². The molecular formula is C32H49N5O. The predicted molar refractivity (Wildman–Crippen MR) is 161 cm³/mol. The molecule has 6 heteroatoms. The van der Waals surface area contributed by atoms with E-state index in [9.17, 15) is 4.79 Å². The average Bonchev–Trinajstić information content (AvgIpc) is 3.26. The van der Waals surface area contributed by atoms with E-state index < -0.39 is 0 Å². The van der Waals surface area contributed by atoms with E-state index in [-0.39, 0.29) is 5.91 Å². The Morgan fingerprint density at radius 2 is 1.76 bits per heavy atom. The number of aliphatic imine (C=N–C) groups is 1. The number of imidazole rings is 1. The van der Waals surface area contributed by atoms with Gasteiger partial charge in [-0.05, 0) is 94.8 Å². The Labute approximate surface area is 230 Å². The summed E-state index contributed by atoms with van der Waals surface area (Å²) in [5, 5.41) is 0. The summed E-state index contributed by atoms with van der Waals surface area (Å²) in [6, 6.07) is 5.99. The van der Waals surface area contributed by atoms with E-state index in [2.05, 4.69) is 48.7 Å². The lowest BCUT2D eigenvalue weighted by Gasteiger charge is -2.26. The molecule has 1 aliphatic rings. The molecule has 2 aromatic rings. The van der Waals surface area contributed by atoms with Crippen molar-refractivity contribution in [3.8, 4) is 0 Å². The fraction of sp³-hybridized carbons (Fsp3) is 0.594. The second-order valence-electron chi connectivity index (χ2n) is 11.4. The number of nitrogens with zero attached hydrogens (tertiary/aromatic N) is 5. The summed E-state index contributed by atoms with van der Waals surface area (Å²) in [6.07, 6.45) is 12.5. The number of aryl methyl sites for hydroxylation is 1. The highest BCUT2D eigenvalue weighted by Gasteiger charge is 2.20. The standard InChI is InChI=1S/C32H49N5O/c1-7-13-29(33-8-2)31-34-28-15-14-27(32(38)36(22-16-25(3)4)23-17-26(5)6)24-30(28)37(31)21-12-20-35-18-10-9-11-19-35/h7-8,13-15,24-26H,2,9-12,16-23H2,1,3-6H3/b13-7-,33-29?. The zero-order chi connectivity index (χ0) is 27.5. The van der Waals surface area contributed by atoms with Gasteiger partial charge in [-0.3, -0.25) is 9.79 Å². The summed E-state index contributed by atoms with van der Waals surface area (Å²) < 4.78 is 2.25. The molecule has 208 valence electrons. The molecule has 0 unspecified atom stereocenters. The molecule has 2 heterocycles. The number of hydrogen-bond donors (Lipinski definition) is 0. The van der Waals surface area contributed by atoms with Crippen LogP contribution in [-0.4, -0.2) is 63.7 Å². The average molecular weight is 520 g/mol. The van der Waals surface area contributed by atoms with Crippen LogP contribution in [0.2, 0.25) is 0 Å². The van der Waals surface area contributed by atoms with Gasteiger partial charge in [-0.1, -0.05) is 46.8 Å². The van der Waals surface area contributed by atoms with Crippen LogP contribution < -0.4 is 0 Å². The molecule has 0 atom stereocenters. The van der Waals surface area contributed by atoms with E-state index >= 15 is 0 Å². The number of benzene rings is 1. The highest BCUT2D eigenvalue weighted by Crippen LogP contribution is 2.22. The first kappa shape index (κ1) is 29.8. The predicted octanol–water partition coefficient (Wildman–Crippen LogP) is 6.96. The second-order valence-corrected chi connectivity index (χ2v) is 11.4. The van der Waals surface area contributed by atoms with Gasteiger partial charge in [0.15, 0.2) is 5.82 Å². The fourth-order valence-electron chi connectivity index (χ4n) is 5.07. The molecule has 0 spiro atoms. The topological polar surface area (TPSA) is 53.7 Å². The largest absolute Gasteiger partial charge is 0.339 e. The van der Waals surface area contributed by atoms with Crippen molar-refractivity contribution < 1.29 is 4.79 Å². The molecule has 1 saturated heterocycles. The monoisotopic (exact) mass is 519 g/mol. The molecule has 38 heavy (non-hydrogen) atoms. The van der Waals surface area contributed by atoms with Crippen LogP contribution in [-0.2, 0) is 6.54 Å². The Morgan fingerprint density at radius 1 is 1.08 bits per heavy atom. The summed E-state index contributed by atoms with van der Waals surface area (Å²) in [4.78, 5) is 27.9. The van der Waals surface area contributed by atoms with Crippen LogP contribution in [0, 0.1) is 11.8 Å². The van der Waals surface area contributed by atoms with Gasteiger partial charge >= 0.3 is 0 Å². The number of piperidine rings is 1. The van der Waals surface area contributed by atoms with Gasteiger partial charge in [-0.15, -0.1) is 0 Å². The molecule has 6 nitrogen and oxygen atoms in total. The van der Waals surface area contributed by atoms with Crippen molar-refractivity contribution in [2.24, 2.45) is 16.8 Å².